The van der Waals surface area contributed by atoms with Gasteiger partial charge < -0.3 is 4.90 Å². The van der Waals surface area contributed by atoms with Crippen molar-refractivity contribution in [2.24, 2.45) is 0 Å². The van der Waals surface area contributed by atoms with Crippen LogP contribution < -0.4 is 0 Å². The Morgan fingerprint density at radius 3 is 2.70 bits per heavy atom. The van der Waals surface area contributed by atoms with E-state index in [0.717, 1.165) is 12.2 Å². The molecule has 0 bridgehead atoms. The van der Waals surface area contributed by atoms with Crippen LogP contribution in [0.5, 0.6) is 0 Å². The van der Waals surface area contributed by atoms with Crippen molar-refractivity contribution >= 4 is 17.4 Å². The Labute approximate surface area is 123 Å². The summed E-state index contributed by atoms with van der Waals surface area (Å²) in [4.78, 5) is 18.7. The van der Waals surface area contributed by atoms with Gasteiger partial charge in [0, 0.05) is 24.0 Å². The van der Waals surface area contributed by atoms with Crippen molar-refractivity contribution in [2.75, 3.05) is 20.6 Å². The van der Waals surface area contributed by atoms with Crippen LogP contribution in [0.2, 0.25) is 5.02 Å². The molecule has 106 valence electrons. The van der Waals surface area contributed by atoms with Gasteiger partial charge in [0.25, 0.3) is 0 Å². The minimum Gasteiger partial charge on any atom is -0.308 e. The maximum atomic E-state index is 12.5. The molecular formula is C14H17ClN4O. The molecule has 0 N–H and O–H groups in total. The number of ketones is 1. The molecule has 2 rings (SSSR count). The van der Waals surface area contributed by atoms with Gasteiger partial charge in [0.1, 0.15) is 5.69 Å². The van der Waals surface area contributed by atoms with E-state index in [1.807, 2.05) is 32.0 Å². The van der Waals surface area contributed by atoms with Crippen molar-refractivity contribution in [3.8, 4) is 0 Å². The summed E-state index contributed by atoms with van der Waals surface area (Å²) >= 11 is 6.10. The summed E-state index contributed by atoms with van der Waals surface area (Å²) in [5.41, 5.74) is 1.80. The van der Waals surface area contributed by atoms with E-state index in [0.29, 0.717) is 22.8 Å². The van der Waals surface area contributed by atoms with Crippen LogP contribution in [-0.2, 0) is 6.54 Å². The Morgan fingerprint density at radius 1 is 1.35 bits per heavy atom. The normalized spacial score (nSPS) is 11.1. The molecule has 0 saturated heterocycles. The number of carbonyl (C=O) groups is 1. The summed E-state index contributed by atoms with van der Waals surface area (Å²) in [5.74, 6) is -0.154. The van der Waals surface area contributed by atoms with Gasteiger partial charge in [-0.05, 0) is 33.2 Å². The third-order valence-corrected chi connectivity index (χ3v) is 3.22. The molecule has 0 aromatic carbocycles. The van der Waals surface area contributed by atoms with Crippen LogP contribution in [0.4, 0.5) is 0 Å². The van der Waals surface area contributed by atoms with Crippen LogP contribution in [0, 0.1) is 6.92 Å². The van der Waals surface area contributed by atoms with E-state index in [1.165, 1.54) is 6.20 Å². The van der Waals surface area contributed by atoms with Crippen molar-refractivity contribution in [1.82, 2.24) is 19.7 Å². The predicted octanol–water partition coefficient (Wildman–Crippen LogP) is 2.03. The molecule has 20 heavy (non-hydrogen) atoms. The Hall–Kier alpha value is -1.72. The van der Waals surface area contributed by atoms with Gasteiger partial charge in [0.15, 0.2) is 0 Å². The lowest BCUT2D eigenvalue weighted by atomic mass is 10.1. The van der Waals surface area contributed by atoms with Crippen LogP contribution >= 0.6 is 11.6 Å². The molecule has 5 nitrogen and oxygen atoms in total. The molecule has 0 fully saturated rings. The molecule has 2 aromatic rings. The van der Waals surface area contributed by atoms with Crippen molar-refractivity contribution in [3.05, 3.63) is 46.5 Å². The van der Waals surface area contributed by atoms with Gasteiger partial charge in [-0.1, -0.05) is 11.6 Å². The van der Waals surface area contributed by atoms with Crippen LogP contribution in [0.25, 0.3) is 0 Å². The first kappa shape index (κ1) is 14.7. The molecule has 0 aliphatic rings. The van der Waals surface area contributed by atoms with Crippen molar-refractivity contribution in [1.29, 1.82) is 0 Å². The minimum absolute atomic E-state index is 0.154. The zero-order valence-corrected chi connectivity index (χ0v) is 12.6. The molecule has 0 amide bonds. The Morgan fingerprint density at radius 2 is 2.10 bits per heavy atom. The first-order valence-electron chi connectivity index (χ1n) is 6.32. The Balaban J connectivity index is 2.29. The molecule has 0 spiro atoms. The zero-order valence-electron chi connectivity index (χ0n) is 11.8. The van der Waals surface area contributed by atoms with Gasteiger partial charge in [-0.3, -0.25) is 14.5 Å². The largest absolute Gasteiger partial charge is 0.308 e. The maximum Gasteiger partial charge on any atom is 0.214 e. The lowest BCUT2D eigenvalue weighted by molar-refractivity contribution is 0.102. The molecule has 0 saturated carbocycles. The monoisotopic (exact) mass is 292 g/mol. The lowest BCUT2D eigenvalue weighted by Gasteiger charge is -2.11. The van der Waals surface area contributed by atoms with Crippen LogP contribution in [0.1, 0.15) is 21.7 Å². The van der Waals surface area contributed by atoms with E-state index in [4.69, 9.17) is 11.6 Å². The summed E-state index contributed by atoms with van der Waals surface area (Å²) < 4.78 is 1.64. The Kier molecular flexibility index (Phi) is 4.52. The van der Waals surface area contributed by atoms with E-state index in [2.05, 4.69) is 10.1 Å². The SMILES string of the molecule is Cc1ccc(C(=O)c2c(Cl)cnn2CCN(C)C)cn1. The molecule has 0 atom stereocenters. The number of hydrogen-bond acceptors (Lipinski definition) is 4. The highest BCUT2D eigenvalue weighted by Crippen LogP contribution is 2.19. The number of aromatic nitrogens is 3. The molecule has 0 aliphatic heterocycles. The minimum atomic E-state index is -0.154. The summed E-state index contributed by atoms with van der Waals surface area (Å²) in [5, 5.41) is 4.54. The van der Waals surface area contributed by atoms with Gasteiger partial charge in [-0.15, -0.1) is 0 Å². The predicted molar refractivity (Wildman–Crippen MR) is 78.2 cm³/mol. The topological polar surface area (TPSA) is 51.0 Å². The number of hydrogen-bond donors (Lipinski definition) is 0. The first-order valence-corrected chi connectivity index (χ1v) is 6.70. The van der Waals surface area contributed by atoms with Gasteiger partial charge >= 0.3 is 0 Å². The van der Waals surface area contributed by atoms with Crippen LogP contribution in [-0.4, -0.2) is 46.1 Å². The highest BCUT2D eigenvalue weighted by Gasteiger charge is 2.19. The van der Waals surface area contributed by atoms with Gasteiger partial charge in [-0.2, -0.15) is 5.10 Å². The smallest absolute Gasteiger partial charge is 0.214 e. The van der Waals surface area contributed by atoms with E-state index in [1.54, 1.807) is 16.9 Å². The quantitative estimate of drug-likeness (QED) is 0.791. The lowest BCUT2D eigenvalue weighted by Crippen LogP contribution is -2.21. The Bertz CT molecular complexity index is 604. The molecule has 2 aromatic heterocycles. The molecule has 2 heterocycles. The number of rotatable bonds is 5. The third-order valence-electron chi connectivity index (χ3n) is 2.94. The number of pyridine rings is 1. The fourth-order valence-corrected chi connectivity index (χ4v) is 2.02. The van der Waals surface area contributed by atoms with E-state index < -0.39 is 0 Å². The van der Waals surface area contributed by atoms with Crippen LogP contribution in [0.15, 0.2) is 24.5 Å². The van der Waals surface area contributed by atoms with E-state index >= 15 is 0 Å². The molecule has 0 aliphatic carbocycles. The van der Waals surface area contributed by atoms with Gasteiger partial charge in [-0.25, -0.2) is 0 Å². The van der Waals surface area contributed by atoms with Crippen molar-refractivity contribution in [3.63, 3.8) is 0 Å². The molecule has 6 heteroatoms. The summed E-state index contributed by atoms with van der Waals surface area (Å²) in [6, 6.07) is 3.56. The molecular weight excluding hydrogens is 276 g/mol. The fraction of sp³-hybridized carbons (Fsp3) is 0.357. The van der Waals surface area contributed by atoms with Crippen molar-refractivity contribution in [2.45, 2.75) is 13.5 Å². The molecule has 0 radical (unpaired) electrons. The zero-order chi connectivity index (χ0) is 14.7. The second kappa shape index (κ2) is 6.15. The third kappa shape index (κ3) is 3.23. The second-order valence-corrected chi connectivity index (χ2v) is 5.29. The summed E-state index contributed by atoms with van der Waals surface area (Å²) in [6.45, 7) is 3.27. The maximum absolute atomic E-state index is 12.5. The number of nitrogens with zero attached hydrogens (tertiary/aromatic N) is 4. The fourth-order valence-electron chi connectivity index (χ4n) is 1.79. The number of likely N-dealkylation sites (N-methyl/N-ethyl adjacent to an activating group) is 1. The summed E-state index contributed by atoms with van der Waals surface area (Å²) in [7, 11) is 3.94. The van der Waals surface area contributed by atoms with Crippen molar-refractivity contribution < 1.29 is 4.79 Å². The highest BCUT2D eigenvalue weighted by molar-refractivity contribution is 6.34. The second-order valence-electron chi connectivity index (χ2n) is 4.88. The van der Waals surface area contributed by atoms with E-state index in [-0.39, 0.29) is 5.78 Å². The van der Waals surface area contributed by atoms with Crippen LogP contribution in [0.3, 0.4) is 0 Å². The first-order chi connectivity index (χ1) is 9.49. The highest BCUT2D eigenvalue weighted by atomic mass is 35.5. The summed E-state index contributed by atoms with van der Waals surface area (Å²) in [6.07, 6.45) is 3.07. The van der Waals surface area contributed by atoms with Gasteiger partial charge in [0.05, 0.1) is 17.8 Å². The standard InChI is InChI=1S/C14H17ClN4O/c1-10-4-5-11(8-16-10)14(20)13-12(15)9-17-19(13)7-6-18(2)3/h4-5,8-9H,6-7H2,1-3H3. The number of halogens is 1. The van der Waals surface area contributed by atoms with Gasteiger partial charge in [0.2, 0.25) is 5.78 Å². The average Bonchev–Trinajstić information content (AvgIpc) is 2.77. The van der Waals surface area contributed by atoms with E-state index in [9.17, 15) is 4.79 Å². The molecule has 0 unspecified atom stereocenters. The average molecular weight is 293 g/mol. The number of carbonyl (C=O) groups excluding carboxylic acids is 1. The number of aryl methyl sites for hydroxylation is 1.